The summed E-state index contributed by atoms with van der Waals surface area (Å²) < 4.78 is 6.92. The van der Waals surface area contributed by atoms with Crippen LogP contribution in [0.2, 0.25) is 0 Å². The Hall–Kier alpha value is -0.800. The van der Waals surface area contributed by atoms with E-state index < -0.39 is 0 Å². The highest BCUT2D eigenvalue weighted by molar-refractivity contribution is 9.10. The first kappa shape index (κ1) is 14.2. The molecule has 104 valence electrons. The predicted molar refractivity (Wildman–Crippen MR) is 89.9 cm³/mol. The molecule has 0 amide bonds. The van der Waals surface area contributed by atoms with Crippen LogP contribution in [-0.4, -0.2) is 6.10 Å². The molecule has 0 fully saturated rings. The molecule has 1 heterocycles. The van der Waals surface area contributed by atoms with E-state index in [4.69, 9.17) is 4.74 Å². The first-order valence-electron chi connectivity index (χ1n) is 6.75. The Balaban J connectivity index is 1.97. The molecule has 1 nitrogen and oxygen atoms in total. The number of ether oxygens (including phenoxy) is 1. The third-order valence-electron chi connectivity index (χ3n) is 3.80. The maximum absolute atomic E-state index is 5.77. The minimum absolute atomic E-state index is 0.209. The summed E-state index contributed by atoms with van der Waals surface area (Å²) in [4.78, 5) is 0.209. The van der Waals surface area contributed by atoms with Gasteiger partial charge in [-0.05, 0) is 48.2 Å². The van der Waals surface area contributed by atoms with Crippen molar-refractivity contribution in [3.63, 3.8) is 0 Å². The summed E-state index contributed by atoms with van der Waals surface area (Å²) in [5.41, 5.74) is 5.17. The van der Waals surface area contributed by atoms with Crippen molar-refractivity contribution in [3.05, 3.63) is 63.1 Å². The van der Waals surface area contributed by atoms with Crippen molar-refractivity contribution in [2.45, 2.75) is 31.2 Å². The van der Waals surface area contributed by atoms with Crippen LogP contribution in [0.4, 0.5) is 0 Å². The zero-order valence-electron chi connectivity index (χ0n) is 11.5. The van der Waals surface area contributed by atoms with Crippen molar-refractivity contribution in [1.29, 1.82) is 0 Å². The second-order valence-electron chi connectivity index (χ2n) is 5.32. The third kappa shape index (κ3) is 2.53. The molecule has 0 aromatic heterocycles. The average Bonchev–Trinajstić information content (AvgIpc) is 2.80. The van der Waals surface area contributed by atoms with E-state index in [0.717, 1.165) is 16.6 Å². The minimum atomic E-state index is 0.209. The zero-order valence-corrected chi connectivity index (χ0v) is 14.7. The summed E-state index contributed by atoms with van der Waals surface area (Å²) in [5.74, 6) is 1.03. The van der Waals surface area contributed by atoms with Gasteiger partial charge in [-0.3, -0.25) is 0 Å². The largest absolute Gasteiger partial charge is 0.490 e. The minimum Gasteiger partial charge on any atom is -0.490 e. The number of hydrogen-bond donors (Lipinski definition) is 0. The molecule has 1 aliphatic rings. The highest BCUT2D eigenvalue weighted by Crippen LogP contribution is 2.38. The molecule has 20 heavy (non-hydrogen) atoms. The smallest absolute Gasteiger partial charge is 0.123 e. The summed E-state index contributed by atoms with van der Waals surface area (Å²) in [6.45, 7) is 4.26. The lowest BCUT2D eigenvalue weighted by Crippen LogP contribution is -2.05. The van der Waals surface area contributed by atoms with Gasteiger partial charge in [-0.1, -0.05) is 56.1 Å². The van der Waals surface area contributed by atoms with Gasteiger partial charge in [-0.25, -0.2) is 0 Å². The van der Waals surface area contributed by atoms with Crippen LogP contribution in [0.25, 0.3) is 0 Å². The van der Waals surface area contributed by atoms with Gasteiger partial charge in [-0.15, -0.1) is 0 Å². The Morgan fingerprint density at radius 1 is 1.25 bits per heavy atom. The van der Waals surface area contributed by atoms with Gasteiger partial charge < -0.3 is 4.74 Å². The van der Waals surface area contributed by atoms with Crippen LogP contribution in [-0.2, 0) is 6.42 Å². The van der Waals surface area contributed by atoms with E-state index in [9.17, 15) is 0 Å². The maximum Gasteiger partial charge on any atom is 0.123 e. The summed E-state index contributed by atoms with van der Waals surface area (Å²) in [6.07, 6.45) is 1.29. The monoisotopic (exact) mass is 394 g/mol. The second-order valence-corrected chi connectivity index (χ2v) is 7.09. The molecule has 2 aromatic carbocycles. The van der Waals surface area contributed by atoms with Crippen molar-refractivity contribution < 1.29 is 4.74 Å². The van der Waals surface area contributed by atoms with Gasteiger partial charge in [0.1, 0.15) is 11.9 Å². The molecule has 2 atom stereocenters. The molecule has 0 radical (unpaired) electrons. The Morgan fingerprint density at radius 2 is 2.05 bits per heavy atom. The van der Waals surface area contributed by atoms with E-state index in [1.54, 1.807) is 0 Å². The number of fused-ring (bicyclic) bond motifs is 1. The number of rotatable bonds is 2. The van der Waals surface area contributed by atoms with E-state index in [0.29, 0.717) is 6.10 Å². The fraction of sp³-hybridized carbons (Fsp3) is 0.294. The van der Waals surface area contributed by atoms with E-state index in [1.807, 2.05) is 0 Å². The van der Waals surface area contributed by atoms with Gasteiger partial charge in [0.25, 0.3) is 0 Å². The molecule has 1 aliphatic heterocycles. The number of alkyl halides is 1. The molecule has 0 N–H and O–H groups in total. The first-order chi connectivity index (χ1) is 9.56. The standard InChI is InChI=1S/C17H16Br2O/c1-10-8-13-9-12(6-7-16(13)20-10)17(19)14-4-3-5-15(18)11(14)2/h3-7,9-10,17H,8H2,1-2H3. The fourth-order valence-electron chi connectivity index (χ4n) is 2.68. The van der Waals surface area contributed by atoms with E-state index in [2.05, 4.69) is 82.1 Å². The molecule has 0 spiro atoms. The van der Waals surface area contributed by atoms with Crippen LogP contribution in [0.1, 0.15) is 34.0 Å². The molecule has 0 bridgehead atoms. The molecule has 3 rings (SSSR count). The van der Waals surface area contributed by atoms with Gasteiger partial charge in [-0.2, -0.15) is 0 Å². The Kier molecular flexibility index (Phi) is 3.91. The van der Waals surface area contributed by atoms with Gasteiger partial charge in [0.05, 0.1) is 4.83 Å². The quantitative estimate of drug-likeness (QED) is 0.604. The van der Waals surface area contributed by atoms with Crippen molar-refractivity contribution in [2.24, 2.45) is 0 Å². The maximum atomic E-state index is 5.77. The lowest BCUT2D eigenvalue weighted by molar-refractivity contribution is 0.254. The topological polar surface area (TPSA) is 9.23 Å². The van der Waals surface area contributed by atoms with Gasteiger partial charge in [0.15, 0.2) is 0 Å². The van der Waals surface area contributed by atoms with Crippen molar-refractivity contribution >= 4 is 31.9 Å². The normalized spacial score (nSPS) is 18.5. The lowest BCUT2D eigenvalue weighted by atomic mass is 9.98. The molecule has 3 heteroatoms. The first-order valence-corrected chi connectivity index (χ1v) is 8.45. The van der Waals surface area contributed by atoms with Crippen LogP contribution < -0.4 is 4.74 Å². The van der Waals surface area contributed by atoms with Crippen molar-refractivity contribution in [2.75, 3.05) is 0 Å². The SMILES string of the molecule is Cc1c(Br)cccc1C(Br)c1ccc2c(c1)CC(C)O2. The molecule has 2 aromatic rings. The summed E-state index contributed by atoms with van der Waals surface area (Å²) in [6, 6.07) is 12.8. The number of benzene rings is 2. The zero-order chi connectivity index (χ0) is 14.3. The summed E-state index contributed by atoms with van der Waals surface area (Å²) in [5, 5.41) is 0. The highest BCUT2D eigenvalue weighted by Gasteiger charge is 2.21. The van der Waals surface area contributed by atoms with Gasteiger partial charge in [0, 0.05) is 10.9 Å². The van der Waals surface area contributed by atoms with Crippen LogP contribution in [0.3, 0.4) is 0 Å². The van der Waals surface area contributed by atoms with Crippen LogP contribution >= 0.6 is 31.9 Å². The fourth-order valence-corrected chi connectivity index (χ4v) is 3.84. The average molecular weight is 396 g/mol. The molecular formula is C17H16Br2O. The molecule has 0 saturated heterocycles. The highest BCUT2D eigenvalue weighted by atomic mass is 79.9. The summed E-state index contributed by atoms with van der Waals surface area (Å²) >= 11 is 7.44. The van der Waals surface area contributed by atoms with E-state index in [1.165, 1.54) is 22.3 Å². The van der Waals surface area contributed by atoms with E-state index >= 15 is 0 Å². The van der Waals surface area contributed by atoms with Crippen LogP contribution in [0.5, 0.6) is 5.75 Å². The second kappa shape index (κ2) is 5.53. The molecule has 0 aliphatic carbocycles. The molecule has 2 unspecified atom stereocenters. The number of hydrogen-bond acceptors (Lipinski definition) is 1. The van der Waals surface area contributed by atoms with Crippen molar-refractivity contribution in [3.8, 4) is 5.75 Å². The van der Waals surface area contributed by atoms with Gasteiger partial charge in [0.2, 0.25) is 0 Å². The van der Waals surface area contributed by atoms with E-state index in [-0.39, 0.29) is 4.83 Å². The Bertz CT molecular complexity index is 651. The lowest BCUT2D eigenvalue weighted by Gasteiger charge is -2.15. The summed E-state index contributed by atoms with van der Waals surface area (Å²) in [7, 11) is 0. The predicted octanol–water partition coefficient (Wildman–Crippen LogP) is 5.57. The van der Waals surface area contributed by atoms with Gasteiger partial charge >= 0.3 is 0 Å². The molecule has 0 saturated carbocycles. The van der Waals surface area contributed by atoms with Crippen molar-refractivity contribution in [1.82, 2.24) is 0 Å². The van der Waals surface area contributed by atoms with Crippen LogP contribution in [0, 0.1) is 6.92 Å². The van der Waals surface area contributed by atoms with Crippen LogP contribution in [0.15, 0.2) is 40.9 Å². The number of halogens is 2. The Labute approximate surface area is 136 Å². The molecular weight excluding hydrogens is 380 g/mol. The Morgan fingerprint density at radius 3 is 2.85 bits per heavy atom. The third-order valence-corrected chi connectivity index (χ3v) is 5.68.